The summed E-state index contributed by atoms with van der Waals surface area (Å²) in [5.74, 6) is -1.80. The number of esters is 3. The third-order valence-electron chi connectivity index (χ3n) is 2.10. The van der Waals surface area contributed by atoms with Gasteiger partial charge in [-0.15, -0.1) is 0 Å². The van der Waals surface area contributed by atoms with Gasteiger partial charge in [0.15, 0.2) is 0 Å². The van der Waals surface area contributed by atoms with Crippen LogP contribution >= 0.6 is 0 Å². The molecule has 28 heavy (non-hydrogen) atoms. The first-order chi connectivity index (χ1) is 12.5. The fourth-order valence-corrected chi connectivity index (χ4v) is 1.25. The monoisotopic (exact) mass is 462 g/mol. The van der Waals surface area contributed by atoms with Crippen LogP contribution in [0.25, 0.3) is 0 Å². The molecule has 0 heterocycles. The molecule has 0 aromatic carbocycles. The number of rotatable bonds is 9. The van der Waals surface area contributed by atoms with Crippen LogP contribution in [0.1, 0.15) is 60.8 Å². The minimum absolute atomic E-state index is 0. The SMILES string of the molecule is CCOC(=O)CC(C)=O.CCOC(=O)CC(C)=O.CCOC(=O)CC(C)=O.[GaH3]. The average molecular weight is 463 g/mol. The van der Waals surface area contributed by atoms with E-state index in [-0.39, 0.29) is 56.4 Å². The van der Waals surface area contributed by atoms with Gasteiger partial charge in [0, 0.05) is 0 Å². The molecule has 0 radical (unpaired) electrons. The van der Waals surface area contributed by atoms with E-state index in [1.807, 2.05) is 0 Å². The Kier molecular flexibility index (Phi) is 27.7. The van der Waals surface area contributed by atoms with Crippen LogP contribution in [-0.4, -0.2) is 74.9 Å². The Bertz CT molecular complexity index is 430. The van der Waals surface area contributed by atoms with E-state index in [1.54, 1.807) is 20.8 Å². The second kappa shape index (κ2) is 23.1. The van der Waals surface area contributed by atoms with E-state index >= 15 is 0 Å². The molecule has 0 spiro atoms. The molecular weight excluding hydrogens is 430 g/mol. The molecule has 0 fully saturated rings. The van der Waals surface area contributed by atoms with Gasteiger partial charge in [0.25, 0.3) is 0 Å². The summed E-state index contributed by atoms with van der Waals surface area (Å²) in [7, 11) is 0. The first kappa shape index (κ1) is 33.6. The van der Waals surface area contributed by atoms with Crippen LogP contribution in [0, 0.1) is 0 Å². The summed E-state index contributed by atoms with van der Waals surface area (Å²) in [5, 5.41) is 0. The van der Waals surface area contributed by atoms with Crippen molar-refractivity contribution in [2.75, 3.05) is 19.8 Å². The van der Waals surface area contributed by atoms with Crippen LogP contribution in [0.4, 0.5) is 0 Å². The molecule has 0 unspecified atom stereocenters. The first-order valence-corrected chi connectivity index (χ1v) is 8.45. The average Bonchev–Trinajstić information content (AvgIpc) is 2.46. The molecule has 0 saturated heterocycles. The van der Waals surface area contributed by atoms with E-state index in [0.717, 1.165) is 0 Å². The van der Waals surface area contributed by atoms with Crippen molar-refractivity contribution in [3.05, 3.63) is 0 Å². The summed E-state index contributed by atoms with van der Waals surface area (Å²) in [4.78, 5) is 61.9. The van der Waals surface area contributed by atoms with Crippen LogP contribution in [0.15, 0.2) is 0 Å². The molecule has 0 amide bonds. The maximum absolute atomic E-state index is 10.4. The van der Waals surface area contributed by atoms with Crippen molar-refractivity contribution in [2.45, 2.75) is 60.8 Å². The fourth-order valence-electron chi connectivity index (χ4n) is 1.25. The van der Waals surface area contributed by atoms with E-state index in [4.69, 9.17) is 0 Å². The molecule has 0 aliphatic heterocycles. The van der Waals surface area contributed by atoms with Gasteiger partial charge in [0.2, 0.25) is 0 Å². The number of ketones is 3. The molecule has 0 bridgehead atoms. The number of hydrogen-bond donors (Lipinski definition) is 0. The Morgan fingerprint density at radius 1 is 0.500 bits per heavy atom. The number of Topliss-reactive ketones (excluding diaryl/α,β-unsaturated/α-hetero) is 3. The van der Waals surface area contributed by atoms with Crippen LogP contribution in [0.3, 0.4) is 0 Å². The normalized spacial score (nSPS) is 8.36. The third kappa shape index (κ3) is 35.2. The van der Waals surface area contributed by atoms with Gasteiger partial charge < -0.3 is 14.2 Å². The molecule has 0 N–H and O–H groups in total. The number of carbonyl (C=O) groups is 6. The molecule has 10 heteroatoms. The van der Waals surface area contributed by atoms with Gasteiger partial charge in [-0.05, 0) is 41.5 Å². The molecule has 9 nitrogen and oxygen atoms in total. The molecule has 0 aliphatic carbocycles. The molecule has 0 atom stereocenters. The Balaban J connectivity index is -0.000000152. The number of hydrogen-bond acceptors (Lipinski definition) is 9. The van der Waals surface area contributed by atoms with Gasteiger partial charge in [-0.2, -0.15) is 0 Å². The Morgan fingerprint density at radius 2 is 0.679 bits per heavy atom. The molecule has 162 valence electrons. The van der Waals surface area contributed by atoms with Crippen LogP contribution in [-0.2, 0) is 43.0 Å². The molecular formula is C18H33GaO9. The predicted octanol–water partition coefficient (Wildman–Crippen LogP) is 0.402. The summed E-state index contributed by atoms with van der Waals surface area (Å²) >= 11 is 0. The van der Waals surface area contributed by atoms with Crippen LogP contribution < -0.4 is 0 Å². The van der Waals surface area contributed by atoms with Crippen molar-refractivity contribution in [1.82, 2.24) is 0 Å². The molecule has 0 aliphatic rings. The first-order valence-electron chi connectivity index (χ1n) is 8.45. The number of carbonyl (C=O) groups excluding carboxylic acids is 6. The van der Waals surface area contributed by atoms with Crippen molar-refractivity contribution in [3.63, 3.8) is 0 Å². The second-order valence-electron chi connectivity index (χ2n) is 5.05. The topological polar surface area (TPSA) is 130 Å². The zero-order chi connectivity index (χ0) is 21.8. The van der Waals surface area contributed by atoms with E-state index in [9.17, 15) is 28.8 Å². The van der Waals surface area contributed by atoms with E-state index in [0.29, 0.717) is 19.8 Å². The van der Waals surface area contributed by atoms with Crippen molar-refractivity contribution < 1.29 is 43.0 Å². The quantitative estimate of drug-likeness (QED) is 0.207. The summed E-state index contributed by atoms with van der Waals surface area (Å²) in [6.45, 7) is 10.2. The predicted molar refractivity (Wildman–Crippen MR) is 106 cm³/mol. The second-order valence-corrected chi connectivity index (χ2v) is 5.05. The van der Waals surface area contributed by atoms with E-state index in [1.165, 1.54) is 20.8 Å². The van der Waals surface area contributed by atoms with Crippen LogP contribution in [0.2, 0.25) is 0 Å². The van der Waals surface area contributed by atoms with Gasteiger partial charge in [-0.25, -0.2) is 0 Å². The Labute approximate surface area is 178 Å². The summed E-state index contributed by atoms with van der Waals surface area (Å²) < 4.78 is 13.5. The summed E-state index contributed by atoms with van der Waals surface area (Å²) in [6, 6.07) is 0. The molecule has 0 aromatic heterocycles. The molecule has 0 aromatic rings. The van der Waals surface area contributed by atoms with Gasteiger partial charge in [-0.1, -0.05) is 0 Å². The van der Waals surface area contributed by atoms with Crippen molar-refractivity contribution in [1.29, 1.82) is 0 Å². The fraction of sp³-hybridized carbons (Fsp3) is 0.667. The molecule has 0 rings (SSSR count). The maximum atomic E-state index is 10.4. The summed E-state index contributed by atoms with van der Waals surface area (Å²) in [6.07, 6.45) is -0.310. The Morgan fingerprint density at radius 3 is 0.786 bits per heavy atom. The van der Waals surface area contributed by atoms with E-state index in [2.05, 4.69) is 14.2 Å². The van der Waals surface area contributed by atoms with Gasteiger partial charge in [0.05, 0.1) is 19.8 Å². The van der Waals surface area contributed by atoms with Gasteiger partial charge in [-0.3, -0.25) is 28.8 Å². The van der Waals surface area contributed by atoms with Crippen LogP contribution in [0.5, 0.6) is 0 Å². The van der Waals surface area contributed by atoms with Gasteiger partial charge >= 0.3 is 37.7 Å². The van der Waals surface area contributed by atoms with Gasteiger partial charge in [0.1, 0.15) is 36.6 Å². The van der Waals surface area contributed by atoms with Crippen molar-refractivity contribution in [2.24, 2.45) is 0 Å². The zero-order valence-corrected chi connectivity index (χ0v) is 16.9. The summed E-state index contributed by atoms with van der Waals surface area (Å²) in [5.41, 5.74) is 0. The zero-order valence-electron chi connectivity index (χ0n) is 16.9. The Hall–Kier alpha value is -1.94. The minimum atomic E-state index is -0.440. The van der Waals surface area contributed by atoms with E-state index < -0.39 is 17.9 Å². The third-order valence-corrected chi connectivity index (χ3v) is 2.10. The number of ether oxygens (including phenoxy) is 3. The van der Waals surface area contributed by atoms with Crippen molar-refractivity contribution in [3.8, 4) is 0 Å². The van der Waals surface area contributed by atoms with Crippen molar-refractivity contribution >= 4 is 55.0 Å². The molecule has 0 saturated carbocycles. The standard InChI is InChI=1S/3C6H10O3.Ga.3H/c3*1-3-9-6(8)4-5(2)7;;;;/h3*3-4H2,1-2H3;;;;.